The van der Waals surface area contributed by atoms with Crippen LogP contribution in [0.5, 0.6) is 0 Å². The Morgan fingerprint density at radius 1 is 1.64 bits per heavy atom. The maximum atomic E-state index is 12.7. The summed E-state index contributed by atoms with van der Waals surface area (Å²) in [6, 6.07) is 0. The predicted molar refractivity (Wildman–Crippen MR) is 86.9 cm³/mol. The van der Waals surface area contributed by atoms with Gasteiger partial charge in [0.1, 0.15) is 11.4 Å². The number of carbonyl (C=O) groups is 1. The number of terminal acetylenes is 1. The zero-order valence-electron chi connectivity index (χ0n) is 12.4. The van der Waals surface area contributed by atoms with E-state index in [1.54, 1.807) is 11.3 Å². The van der Waals surface area contributed by atoms with Gasteiger partial charge >= 0.3 is 0 Å². The average molecular weight is 315 g/mol. The number of rotatable bonds is 3. The predicted octanol–water partition coefficient (Wildman–Crippen LogP) is 1.33. The highest BCUT2D eigenvalue weighted by Gasteiger charge is 2.23. The summed E-state index contributed by atoms with van der Waals surface area (Å²) in [5.74, 6) is 2.71. The molecule has 0 radical (unpaired) electrons. The minimum absolute atomic E-state index is 0.0511. The van der Waals surface area contributed by atoms with Gasteiger partial charge in [-0.05, 0) is 30.7 Å². The summed E-state index contributed by atoms with van der Waals surface area (Å²) in [4.78, 5) is 30.8. The van der Waals surface area contributed by atoms with Crippen LogP contribution in [0.4, 0.5) is 0 Å². The number of hydrogen-bond acceptors (Lipinski definition) is 4. The zero-order chi connectivity index (χ0) is 15.7. The van der Waals surface area contributed by atoms with Crippen LogP contribution in [0.15, 0.2) is 11.1 Å². The summed E-state index contributed by atoms with van der Waals surface area (Å²) >= 11 is 1.61. The minimum atomic E-state index is -0.279. The smallest absolute Gasteiger partial charge is 0.262 e. The SMILES string of the molecule is C#CCNC(=O)Cn1cnc2sc3c(c2c1=O)CC[C@@H](C)C3. The molecule has 22 heavy (non-hydrogen) atoms. The first-order valence-electron chi connectivity index (χ1n) is 7.30. The van der Waals surface area contributed by atoms with Crippen LogP contribution in [0, 0.1) is 18.3 Å². The molecule has 0 saturated heterocycles. The van der Waals surface area contributed by atoms with E-state index < -0.39 is 0 Å². The number of fused-ring (bicyclic) bond motifs is 3. The molecule has 6 heteroatoms. The highest BCUT2D eigenvalue weighted by molar-refractivity contribution is 7.18. The molecule has 3 rings (SSSR count). The van der Waals surface area contributed by atoms with Crippen molar-refractivity contribution in [1.29, 1.82) is 0 Å². The van der Waals surface area contributed by atoms with Crippen LogP contribution in [0.2, 0.25) is 0 Å². The Morgan fingerprint density at radius 3 is 3.23 bits per heavy atom. The lowest BCUT2D eigenvalue weighted by molar-refractivity contribution is -0.121. The number of thiophene rings is 1. The van der Waals surface area contributed by atoms with Gasteiger partial charge in [-0.15, -0.1) is 17.8 Å². The molecule has 1 N–H and O–H groups in total. The van der Waals surface area contributed by atoms with E-state index in [4.69, 9.17) is 6.42 Å². The molecule has 0 unspecified atom stereocenters. The van der Waals surface area contributed by atoms with Crippen LogP contribution in [-0.4, -0.2) is 22.0 Å². The number of amides is 1. The van der Waals surface area contributed by atoms with Crippen LogP contribution in [0.3, 0.4) is 0 Å². The summed E-state index contributed by atoms with van der Waals surface area (Å²) in [6.45, 7) is 2.34. The number of nitrogens with one attached hydrogen (secondary N) is 1. The van der Waals surface area contributed by atoms with Gasteiger partial charge in [-0.2, -0.15) is 0 Å². The van der Waals surface area contributed by atoms with Gasteiger partial charge in [-0.3, -0.25) is 14.2 Å². The summed E-state index contributed by atoms with van der Waals surface area (Å²) in [6.07, 6.45) is 9.58. The average Bonchev–Trinajstić information content (AvgIpc) is 2.86. The van der Waals surface area contributed by atoms with Crippen molar-refractivity contribution >= 4 is 27.5 Å². The van der Waals surface area contributed by atoms with Crippen molar-refractivity contribution < 1.29 is 4.79 Å². The molecule has 2 aromatic rings. The Morgan fingerprint density at radius 2 is 2.45 bits per heavy atom. The normalized spacial score (nSPS) is 17.0. The van der Waals surface area contributed by atoms with Gasteiger partial charge in [-0.25, -0.2) is 4.98 Å². The van der Waals surface area contributed by atoms with Crippen LogP contribution in [0.25, 0.3) is 10.2 Å². The van der Waals surface area contributed by atoms with Gasteiger partial charge in [-0.1, -0.05) is 12.8 Å². The molecule has 0 aromatic carbocycles. The topological polar surface area (TPSA) is 64.0 Å². The van der Waals surface area contributed by atoms with Crippen molar-refractivity contribution in [3.05, 3.63) is 27.1 Å². The lowest BCUT2D eigenvalue weighted by Gasteiger charge is -2.17. The highest BCUT2D eigenvalue weighted by atomic mass is 32.1. The maximum absolute atomic E-state index is 12.7. The fraction of sp³-hybridized carbons (Fsp3) is 0.438. The molecule has 0 fully saturated rings. The van der Waals surface area contributed by atoms with Gasteiger partial charge in [0.15, 0.2) is 0 Å². The number of aromatic nitrogens is 2. The molecule has 114 valence electrons. The van der Waals surface area contributed by atoms with Crippen molar-refractivity contribution in [2.45, 2.75) is 32.7 Å². The third-order valence-electron chi connectivity index (χ3n) is 3.98. The number of nitrogens with zero attached hydrogens (tertiary/aromatic N) is 2. The molecule has 1 atom stereocenters. The van der Waals surface area contributed by atoms with Gasteiger partial charge in [0.05, 0.1) is 18.3 Å². The number of aryl methyl sites for hydroxylation is 1. The lowest BCUT2D eigenvalue weighted by Crippen LogP contribution is -2.32. The largest absolute Gasteiger partial charge is 0.344 e. The maximum Gasteiger partial charge on any atom is 0.262 e. The standard InChI is InChI=1S/C16H17N3O2S/c1-3-6-17-13(20)8-19-9-18-15-14(16(19)21)11-5-4-10(2)7-12(11)22-15/h1,9-10H,4-8H2,2H3,(H,17,20)/t10-/m1/s1. The van der Waals surface area contributed by atoms with Crippen molar-refractivity contribution in [3.8, 4) is 12.3 Å². The van der Waals surface area contributed by atoms with Crippen LogP contribution < -0.4 is 10.9 Å². The Kier molecular flexibility index (Phi) is 3.99. The van der Waals surface area contributed by atoms with E-state index in [0.29, 0.717) is 11.3 Å². The second-order valence-corrected chi connectivity index (χ2v) is 6.77. The first-order valence-corrected chi connectivity index (χ1v) is 8.11. The number of hydrogen-bond donors (Lipinski definition) is 1. The molecule has 2 aromatic heterocycles. The van der Waals surface area contributed by atoms with Crippen molar-refractivity contribution in [2.24, 2.45) is 5.92 Å². The third-order valence-corrected chi connectivity index (χ3v) is 5.15. The molecule has 0 aliphatic heterocycles. The monoisotopic (exact) mass is 315 g/mol. The Labute approximate surface area is 132 Å². The van der Waals surface area contributed by atoms with Crippen LogP contribution in [-0.2, 0) is 24.2 Å². The first kappa shape index (κ1) is 14.8. The van der Waals surface area contributed by atoms with Crippen molar-refractivity contribution in [3.63, 3.8) is 0 Å². The zero-order valence-corrected chi connectivity index (χ0v) is 13.2. The third kappa shape index (κ3) is 2.64. The second-order valence-electron chi connectivity index (χ2n) is 5.69. The van der Waals surface area contributed by atoms with E-state index in [2.05, 4.69) is 23.1 Å². The molecule has 0 bridgehead atoms. The highest BCUT2D eigenvalue weighted by Crippen LogP contribution is 2.35. The van der Waals surface area contributed by atoms with E-state index in [1.165, 1.54) is 15.8 Å². The Bertz CT molecular complexity index is 828. The Hall–Kier alpha value is -2.13. The summed E-state index contributed by atoms with van der Waals surface area (Å²) in [5, 5.41) is 3.25. The molecule has 2 heterocycles. The molecule has 0 spiro atoms. The lowest BCUT2D eigenvalue weighted by atomic mass is 9.89. The van der Waals surface area contributed by atoms with Crippen LogP contribution >= 0.6 is 11.3 Å². The molecule has 1 amide bonds. The van der Waals surface area contributed by atoms with Crippen molar-refractivity contribution in [2.75, 3.05) is 6.54 Å². The van der Waals surface area contributed by atoms with Gasteiger partial charge in [0.2, 0.25) is 5.91 Å². The van der Waals surface area contributed by atoms with E-state index in [0.717, 1.165) is 29.7 Å². The fourth-order valence-electron chi connectivity index (χ4n) is 2.84. The molecular weight excluding hydrogens is 298 g/mol. The second kappa shape index (κ2) is 5.93. The Balaban J connectivity index is 1.98. The fourth-order valence-corrected chi connectivity index (χ4v) is 4.18. The first-order chi connectivity index (χ1) is 10.6. The molecule has 5 nitrogen and oxygen atoms in total. The van der Waals surface area contributed by atoms with E-state index in [9.17, 15) is 9.59 Å². The van der Waals surface area contributed by atoms with Crippen LogP contribution in [0.1, 0.15) is 23.8 Å². The van der Waals surface area contributed by atoms with Crippen molar-refractivity contribution in [1.82, 2.24) is 14.9 Å². The summed E-state index contributed by atoms with van der Waals surface area (Å²) < 4.78 is 1.36. The molecule has 0 saturated carbocycles. The van der Waals surface area contributed by atoms with Gasteiger partial charge in [0.25, 0.3) is 5.56 Å². The molecule has 1 aliphatic carbocycles. The van der Waals surface area contributed by atoms with E-state index >= 15 is 0 Å². The van der Waals surface area contributed by atoms with Gasteiger partial charge in [0, 0.05) is 4.88 Å². The van der Waals surface area contributed by atoms with E-state index in [1.807, 2.05) is 0 Å². The summed E-state index contributed by atoms with van der Waals surface area (Å²) in [5.41, 5.74) is 1.00. The van der Waals surface area contributed by atoms with Gasteiger partial charge < -0.3 is 5.32 Å². The number of carbonyl (C=O) groups excluding carboxylic acids is 1. The quantitative estimate of drug-likeness (QED) is 0.869. The van der Waals surface area contributed by atoms with E-state index in [-0.39, 0.29) is 24.6 Å². The molecular formula is C16H17N3O2S. The molecule has 1 aliphatic rings. The summed E-state index contributed by atoms with van der Waals surface area (Å²) in [7, 11) is 0. The minimum Gasteiger partial charge on any atom is -0.344 e.